The summed E-state index contributed by atoms with van der Waals surface area (Å²) in [6, 6.07) is 2.74. The molecular weight excluding hydrogens is 355 g/mol. The second kappa shape index (κ2) is 4.67. The molecule has 0 spiro atoms. The molecule has 1 saturated heterocycles. The molecule has 0 radical (unpaired) electrons. The smallest absolute Gasteiger partial charge is 0.274 e. The van der Waals surface area contributed by atoms with Gasteiger partial charge >= 0.3 is 6.18 Å². The van der Waals surface area contributed by atoms with E-state index in [0.29, 0.717) is 11.8 Å². The number of hydrogen-bond donors (Lipinski definition) is 0. The average Bonchev–Trinajstić information content (AvgIpc) is 3.32. The Hall–Kier alpha value is -1.82. The van der Waals surface area contributed by atoms with Gasteiger partial charge < -0.3 is 0 Å². The molecule has 1 aromatic rings. The van der Waals surface area contributed by atoms with Gasteiger partial charge in [-0.1, -0.05) is 23.8 Å². The highest BCUT2D eigenvalue weighted by Gasteiger charge is 2.67. The minimum Gasteiger partial charge on any atom is -0.274 e. The Labute approximate surface area is 146 Å². The van der Waals surface area contributed by atoms with Crippen LogP contribution in [0.25, 0.3) is 0 Å². The van der Waals surface area contributed by atoms with Crippen LogP contribution in [0, 0.1) is 35.5 Å². The van der Waals surface area contributed by atoms with Gasteiger partial charge in [0.2, 0.25) is 11.8 Å². The van der Waals surface area contributed by atoms with Gasteiger partial charge in [-0.15, -0.1) is 0 Å². The van der Waals surface area contributed by atoms with E-state index in [0.717, 1.165) is 29.5 Å². The van der Waals surface area contributed by atoms with Crippen LogP contribution in [0.5, 0.6) is 0 Å². The van der Waals surface area contributed by atoms with Crippen molar-refractivity contribution in [3.8, 4) is 0 Å². The monoisotopic (exact) mass is 367 g/mol. The third-order valence-electron chi connectivity index (χ3n) is 6.18. The van der Waals surface area contributed by atoms with Crippen molar-refractivity contribution in [1.82, 2.24) is 0 Å². The van der Waals surface area contributed by atoms with Crippen molar-refractivity contribution in [2.45, 2.75) is 12.6 Å². The van der Waals surface area contributed by atoms with Crippen LogP contribution < -0.4 is 4.90 Å². The SMILES string of the molecule is O=C1[C@H]2[C@@H]3C=C[C@H]([C@H]4C[C@H]34)[C@@H]2C(=O)N1c1cc(C(F)(F)F)ccc1Cl. The standard InChI is InChI=1S/C18H13ClF3NO2/c19-12-4-1-7(18(20,21)22)5-13(12)23-16(24)14-8-2-3-9(11-6-10(8)11)15(14)17(23)25/h1-5,8-11,14-15H,6H2/t8-,9-,10-,11-,14+,15+/m1/s1. The molecule has 3 fully saturated rings. The number of allylic oxidation sites excluding steroid dienone is 2. The highest BCUT2D eigenvalue weighted by molar-refractivity contribution is 6.36. The Morgan fingerprint density at radius 3 is 2.08 bits per heavy atom. The van der Waals surface area contributed by atoms with E-state index in [1.807, 2.05) is 12.2 Å². The highest BCUT2D eigenvalue weighted by Crippen LogP contribution is 2.65. The van der Waals surface area contributed by atoms with Gasteiger partial charge in [0.05, 0.1) is 28.1 Å². The van der Waals surface area contributed by atoms with Gasteiger partial charge in [0.15, 0.2) is 0 Å². The zero-order valence-corrected chi connectivity index (χ0v) is 13.6. The van der Waals surface area contributed by atoms with Gasteiger partial charge in [-0.25, -0.2) is 4.90 Å². The molecule has 25 heavy (non-hydrogen) atoms. The predicted octanol–water partition coefficient (Wildman–Crippen LogP) is 3.92. The molecule has 0 aromatic heterocycles. The number of amides is 2. The summed E-state index contributed by atoms with van der Waals surface area (Å²) in [5.41, 5.74) is -1.08. The molecule has 2 saturated carbocycles. The molecule has 6 atom stereocenters. The first-order chi connectivity index (χ1) is 11.8. The third-order valence-corrected chi connectivity index (χ3v) is 6.50. The fourth-order valence-corrected chi connectivity index (χ4v) is 5.26. The summed E-state index contributed by atoms with van der Waals surface area (Å²) in [5, 5.41) is -0.0289. The van der Waals surface area contributed by atoms with Crippen LogP contribution >= 0.6 is 11.6 Å². The maximum absolute atomic E-state index is 13.0. The molecule has 1 heterocycles. The second-order valence-electron chi connectivity index (χ2n) is 7.33. The zero-order valence-electron chi connectivity index (χ0n) is 12.8. The van der Waals surface area contributed by atoms with E-state index in [9.17, 15) is 22.8 Å². The first kappa shape index (κ1) is 15.4. The van der Waals surface area contributed by atoms with Crippen LogP contribution in [0.4, 0.5) is 18.9 Å². The maximum Gasteiger partial charge on any atom is 0.416 e. The number of carbonyl (C=O) groups excluding carboxylic acids is 2. The molecule has 130 valence electrons. The second-order valence-corrected chi connectivity index (χ2v) is 7.74. The number of anilines is 1. The molecule has 1 aromatic carbocycles. The number of benzene rings is 1. The van der Waals surface area contributed by atoms with Crippen molar-refractivity contribution < 1.29 is 22.8 Å². The zero-order chi connectivity index (χ0) is 17.7. The highest BCUT2D eigenvalue weighted by atomic mass is 35.5. The summed E-state index contributed by atoms with van der Waals surface area (Å²) in [7, 11) is 0. The quantitative estimate of drug-likeness (QED) is 0.557. The summed E-state index contributed by atoms with van der Waals surface area (Å²) >= 11 is 6.05. The summed E-state index contributed by atoms with van der Waals surface area (Å²) < 4.78 is 39.1. The first-order valence-corrected chi connectivity index (χ1v) is 8.59. The fourth-order valence-electron chi connectivity index (χ4n) is 5.05. The van der Waals surface area contributed by atoms with Gasteiger partial charge in [-0.2, -0.15) is 13.2 Å². The Bertz CT molecular complexity index is 813. The topological polar surface area (TPSA) is 37.4 Å². The minimum atomic E-state index is -4.57. The van der Waals surface area contributed by atoms with E-state index in [1.54, 1.807) is 0 Å². The predicted molar refractivity (Wildman–Crippen MR) is 83.6 cm³/mol. The number of halogens is 4. The van der Waals surface area contributed by atoms with Crippen LogP contribution in [0.2, 0.25) is 5.02 Å². The van der Waals surface area contributed by atoms with Gasteiger partial charge in [0, 0.05) is 0 Å². The van der Waals surface area contributed by atoms with Crippen LogP contribution in [0.15, 0.2) is 30.4 Å². The largest absolute Gasteiger partial charge is 0.416 e. The van der Waals surface area contributed by atoms with E-state index in [1.165, 1.54) is 0 Å². The van der Waals surface area contributed by atoms with Crippen molar-refractivity contribution in [2.24, 2.45) is 35.5 Å². The third kappa shape index (κ3) is 1.94. The lowest BCUT2D eigenvalue weighted by Crippen LogP contribution is -2.40. The van der Waals surface area contributed by atoms with Crippen molar-refractivity contribution in [1.29, 1.82) is 0 Å². The fraction of sp³-hybridized carbons (Fsp3) is 0.444. The molecule has 6 rings (SSSR count). The molecule has 5 aliphatic rings. The Morgan fingerprint density at radius 2 is 1.56 bits per heavy atom. The Morgan fingerprint density at radius 1 is 1.00 bits per heavy atom. The normalized spacial score (nSPS) is 38.2. The molecule has 0 unspecified atom stereocenters. The molecule has 2 bridgehead atoms. The summed E-state index contributed by atoms with van der Waals surface area (Å²) in [4.78, 5) is 26.8. The van der Waals surface area contributed by atoms with Crippen molar-refractivity contribution in [3.63, 3.8) is 0 Å². The van der Waals surface area contributed by atoms with Gasteiger partial charge in [0.1, 0.15) is 0 Å². The van der Waals surface area contributed by atoms with E-state index in [2.05, 4.69) is 0 Å². The van der Waals surface area contributed by atoms with Gasteiger partial charge in [-0.3, -0.25) is 9.59 Å². The lowest BCUT2D eigenvalue weighted by Gasteiger charge is -2.37. The molecule has 7 heteroatoms. The lowest BCUT2D eigenvalue weighted by molar-refractivity contribution is -0.137. The molecule has 3 nitrogen and oxygen atoms in total. The molecule has 2 amide bonds. The Kier molecular flexibility index (Phi) is 2.88. The van der Waals surface area contributed by atoms with Crippen molar-refractivity contribution in [2.75, 3.05) is 4.90 Å². The average molecular weight is 368 g/mol. The van der Waals surface area contributed by atoms with Crippen LogP contribution in [-0.4, -0.2) is 11.8 Å². The number of hydrogen-bond acceptors (Lipinski definition) is 2. The summed E-state index contributed by atoms with van der Waals surface area (Å²) in [6.45, 7) is 0. The van der Waals surface area contributed by atoms with Crippen molar-refractivity contribution in [3.05, 3.63) is 40.9 Å². The summed E-state index contributed by atoms with van der Waals surface area (Å²) in [5.74, 6) is -0.845. The van der Waals surface area contributed by atoms with E-state index in [4.69, 9.17) is 11.6 Å². The molecule has 0 N–H and O–H groups in total. The number of carbonyl (C=O) groups is 2. The number of imide groups is 1. The molecular formula is C18H13ClF3NO2. The van der Waals surface area contributed by atoms with Crippen LogP contribution in [0.1, 0.15) is 12.0 Å². The Balaban J connectivity index is 1.59. The summed E-state index contributed by atoms with van der Waals surface area (Å²) in [6.07, 6.45) is 0.491. The van der Waals surface area contributed by atoms with E-state index < -0.39 is 35.4 Å². The van der Waals surface area contributed by atoms with Crippen molar-refractivity contribution >= 4 is 29.1 Å². The van der Waals surface area contributed by atoms with Gasteiger partial charge in [0.25, 0.3) is 0 Å². The molecule has 4 aliphatic carbocycles. The van der Waals surface area contributed by atoms with E-state index in [-0.39, 0.29) is 22.5 Å². The number of nitrogens with zero attached hydrogens (tertiary/aromatic N) is 1. The van der Waals surface area contributed by atoms with Crippen LogP contribution in [-0.2, 0) is 15.8 Å². The lowest BCUT2D eigenvalue weighted by atomic mass is 9.63. The van der Waals surface area contributed by atoms with Gasteiger partial charge in [-0.05, 0) is 48.3 Å². The van der Waals surface area contributed by atoms with E-state index >= 15 is 0 Å². The number of rotatable bonds is 1. The molecule has 1 aliphatic heterocycles. The maximum atomic E-state index is 13.0. The van der Waals surface area contributed by atoms with Crippen LogP contribution in [0.3, 0.4) is 0 Å². The minimum absolute atomic E-state index is 0.0195. The number of alkyl halides is 3. The first-order valence-electron chi connectivity index (χ1n) is 8.22.